The molecule has 41 heavy (non-hydrogen) atoms. The van der Waals surface area contributed by atoms with Gasteiger partial charge in [-0.3, -0.25) is 4.90 Å². The van der Waals surface area contributed by atoms with Crippen LogP contribution < -0.4 is 10.1 Å². The number of nitrogens with zero attached hydrogens (tertiary/aromatic N) is 2. The van der Waals surface area contributed by atoms with Crippen LogP contribution in [0.15, 0.2) is 36.4 Å². The Hall–Kier alpha value is -3.10. The number of nitrogens with one attached hydrogen (secondary N) is 1. The summed E-state index contributed by atoms with van der Waals surface area (Å²) in [6.45, 7) is 7.94. The molecule has 220 valence electrons. The van der Waals surface area contributed by atoms with Gasteiger partial charge in [-0.25, -0.2) is 9.18 Å². The first kappa shape index (κ1) is 28.0. The molecule has 0 radical (unpaired) electrons. The van der Waals surface area contributed by atoms with Gasteiger partial charge < -0.3 is 24.5 Å². The number of aromatic carboxylic acids is 1. The van der Waals surface area contributed by atoms with Crippen LogP contribution in [0, 0.1) is 0 Å². The molecule has 3 aromatic rings. The summed E-state index contributed by atoms with van der Waals surface area (Å²) in [6, 6.07) is 11.8. The molecule has 0 amide bonds. The second kappa shape index (κ2) is 12.4. The number of rotatable bonds is 8. The maximum Gasteiger partial charge on any atom is 0.335 e. The highest BCUT2D eigenvalue weighted by Crippen LogP contribution is 2.48. The zero-order valence-corrected chi connectivity index (χ0v) is 24.0. The minimum atomic E-state index is -0.945. The average Bonchev–Trinajstić information content (AvgIpc) is 3.29. The first-order valence-corrected chi connectivity index (χ1v) is 15.4. The lowest BCUT2D eigenvalue weighted by Gasteiger charge is -2.32. The van der Waals surface area contributed by atoms with E-state index in [0.29, 0.717) is 13.0 Å². The average molecular weight is 564 g/mol. The molecule has 3 heterocycles. The van der Waals surface area contributed by atoms with Crippen LogP contribution in [-0.2, 0) is 11.3 Å². The van der Waals surface area contributed by atoms with Gasteiger partial charge in [0.15, 0.2) is 0 Å². The standard InChI is InChI=1S/C33H42FN3O4/c1-2-17-41-24-8-10-26-29(21-24)35-23(11-13-36-15-18-40-19-16-36)12-14-37-30-20-22(33(38)39)7-9-27(30)31(32(26)37)25-5-3-4-6-28(25)34/h7-10,20-21,23,25,28,35H,2-6,11-19H2,1H3,(H,38,39)/t23?,25?,28-/m0/s1. The monoisotopic (exact) mass is 563 g/mol. The molecule has 8 heteroatoms. The van der Waals surface area contributed by atoms with Crippen molar-refractivity contribution in [2.24, 2.45) is 0 Å². The van der Waals surface area contributed by atoms with E-state index in [1.807, 2.05) is 12.1 Å². The zero-order valence-electron chi connectivity index (χ0n) is 24.0. The number of aryl methyl sites for hydroxylation is 1. The molecule has 1 aliphatic carbocycles. The number of halogens is 1. The first-order valence-electron chi connectivity index (χ1n) is 15.4. The zero-order chi connectivity index (χ0) is 28.3. The molecule has 1 saturated carbocycles. The fraction of sp³-hybridized carbons (Fsp3) is 0.545. The minimum absolute atomic E-state index is 0.210. The summed E-state index contributed by atoms with van der Waals surface area (Å²) in [5.41, 5.74) is 5.23. The van der Waals surface area contributed by atoms with Crippen LogP contribution >= 0.6 is 0 Å². The van der Waals surface area contributed by atoms with Crippen LogP contribution in [0.25, 0.3) is 22.2 Å². The topological polar surface area (TPSA) is 76.0 Å². The van der Waals surface area contributed by atoms with E-state index in [1.54, 1.807) is 12.1 Å². The molecule has 2 unspecified atom stereocenters. The van der Waals surface area contributed by atoms with Crippen LogP contribution in [0.3, 0.4) is 0 Å². The van der Waals surface area contributed by atoms with Crippen molar-refractivity contribution >= 4 is 22.6 Å². The molecule has 3 aliphatic rings. The van der Waals surface area contributed by atoms with Crippen molar-refractivity contribution in [3.05, 3.63) is 47.5 Å². The van der Waals surface area contributed by atoms with Gasteiger partial charge in [-0.05, 0) is 61.9 Å². The Labute approximate surface area is 241 Å². The number of ether oxygens (including phenoxy) is 2. The highest BCUT2D eigenvalue weighted by molar-refractivity contribution is 5.99. The van der Waals surface area contributed by atoms with Crippen molar-refractivity contribution in [1.82, 2.24) is 9.47 Å². The molecule has 2 aliphatic heterocycles. The Morgan fingerprint density at radius 2 is 1.93 bits per heavy atom. The number of hydrogen-bond acceptors (Lipinski definition) is 5. The van der Waals surface area contributed by atoms with Gasteiger partial charge in [0, 0.05) is 66.4 Å². The molecule has 2 fully saturated rings. The molecule has 2 N–H and O–H groups in total. The number of alkyl halides is 1. The van der Waals surface area contributed by atoms with Gasteiger partial charge in [0.25, 0.3) is 0 Å². The summed E-state index contributed by atoms with van der Waals surface area (Å²) < 4.78 is 29.5. The largest absolute Gasteiger partial charge is 0.494 e. The number of carboxylic acids is 1. The Bertz CT molecular complexity index is 1380. The van der Waals surface area contributed by atoms with Crippen molar-refractivity contribution in [1.29, 1.82) is 0 Å². The predicted octanol–water partition coefficient (Wildman–Crippen LogP) is 6.70. The molecule has 2 aromatic carbocycles. The number of fused-ring (bicyclic) bond motifs is 5. The maximum atomic E-state index is 15.7. The summed E-state index contributed by atoms with van der Waals surface area (Å²) in [5.74, 6) is -0.332. The maximum absolute atomic E-state index is 15.7. The summed E-state index contributed by atoms with van der Waals surface area (Å²) in [6.07, 6.45) is 5.17. The van der Waals surface area contributed by atoms with Crippen molar-refractivity contribution < 1.29 is 23.8 Å². The van der Waals surface area contributed by atoms with Gasteiger partial charge >= 0.3 is 5.97 Å². The lowest BCUT2D eigenvalue weighted by atomic mass is 9.80. The third-order valence-corrected chi connectivity index (χ3v) is 9.08. The Morgan fingerprint density at radius 1 is 1.10 bits per heavy atom. The molecule has 0 bridgehead atoms. The molecular weight excluding hydrogens is 521 g/mol. The number of aromatic nitrogens is 1. The predicted molar refractivity (Wildman–Crippen MR) is 160 cm³/mol. The number of benzene rings is 2. The third kappa shape index (κ3) is 5.82. The fourth-order valence-corrected chi connectivity index (χ4v) is 6.93. The van der Waals surface area contributed by atoms with E-state index in [4.69, 9.17) is 9.47 Å². The summed E-state index contributed by atoms with van der Waals surface area (Å²) in [7, 11) is 0. The second-order valence-electron chi connectivity index (χ2n) is 11.8. The Kier molecular flexibility index (Phi) is 8.49. The van der Waals surface area contributed by atoms with Crippen LogP contribution in [0.1, 0.15) is 73.7 Å². The van der Waals surface area contributed by atoms with E-state index in [0.717, 1.165) is 117 Å². The fourth-order valence-electron chi connectivity index (χ4n) is 6.93. The van der Waals surface area contributed by atoms with Gasteiger partial charge in [-0.2, -0.15) is 0 Å². The van der Waals surface area contributed by atoms with Crippen molar-refractivity contribution in [3.8, 4) is 17.0 Å². The number of carbonyl (C=O) groups is 1. The van der Waals surface area contributed by atoms with E-state index in [1.165, 1.54) is 0 Å². The highest BCUT2D eigenvalue weighted by Gasteiger charge is 2.34. The van der Waals surface area contributed by atoms with Crippen molar-refractivity contribution in [2.75, 3.05) is 44.8 Å². The summed E-state index contributed by atoms with van der Waals surface area (Å²) >= 11 is 0. The molecule has 3 atom stereocenters. The van der Waals surface area contributed by atoms with Crippen LogP contribution in [0.4, 0.5) is 10.1 Å². The molecule has 6 rings (SSSR count). The first-order chi connectivity index (χ1) is 20.0. The normalized spacial score (nSPS) is 23.2. The number of carboxylic acid groups (broad SMARTS) is 1. The molecule has 1 aromatic heterocycles. The van der Waals surface area contributed by atoms with Gasteiger partial charge in [-0.15, -0.1) is 0 Å². The van der Waals surface area contributed by atoms with E-state index in [2.05, 4.69) is 33.8 Å². The van der Waals surface area contributed by atoms with Crippen LogP contribution in [-0.4, -0.2) is 72.2 Å². The SMILES string of the molecule is CCCOc1ccc2c(c1)NC(CCN1CCOCC1)CCn1c-2c(C2CCCC[C@@H]2F)c2ccc(C(=O)O)cc21. The molecular formula is C33H42FN3O4. The van der Waals surface area contributed by atoms with Crippen LogP contribution in [0.5, 0.6) is 5.75 Å². The molecule has 0 spiro atoms. The quantitative estimate of drug-likeness (QED) is 0.318. The lowest BCUT2D eigenvalue weighted by Crippen LogP contribution is -2.39. The Balaban J connectivity index is 1.48. The number of morpholine rings is 1. The number of hydrogen-bond donors (Lipinski definition) is 2. The van der Waals surface area contributed by atoms with E-state index < -0.39 is 12.1 Å². The number of anilines is 1. The second-order valence-corrected chi connectivity index (χ2v) is 11.8. The van der Waals surface area contributed by atoms with Gasteiger partial charge in [0.1, 0.15) is 11.9 Å². The van der Waals surface area contributed by atoms with Crippen molar-refractivity contribution in [2.45, 2.75) is 76.5 Å². The van der Waals surface area contributed by atoms with E-state index in [9.17, 15) is 9.90 Å². The van der Waals surface area contributed by atoms with Gasteiger partial charge in [-0.1, -0.05) is 25.8 Å². The summed E-state index contributed by atoms with van der Waals surface area (Å²) in [5, 5.41) is 14.7. The Morgan fingerprint density at radius 3 is 2.71 bits per heavy atom. The van der Waals surface area contributed by atoms with E-state index >= 15 is 4.39 Å². The van der Waals surface area contributed by atoms with Crippen LogP contribution in [0.2, 0.25) is 0 Å². The molecule has 1 saturated heterocycles. The van der Waals surface area contributed by atoms with E-state index in [-0.39, 0.29) is 17.5 Å². The van der Waals surface area contributed by atoms with Gasteiger partial charge in [0.05, 0.1) is 31.1 Å². The van der Waals surface area contributed by atoms with Crippen molar-refractivity contribution in [3.63, 3.8) is 0 Å². The third-order valence-electron chi connectivity index (χ3n) is 9.08. The summed E-state index contributed by atoms with van der Waals surface area (Å²) in [4.78, 5) is 14.5. The smallest absolute Gasteiger partial charge is 0.335 e. The lowest BCUT2D eigenvalue weighted by molar-refractivity contribution is 0.0367. The highest BCUT2D eigenvalue weighted by atomic mass is 19.1. The minimum Gasteiger partial charge on any atom is -0.494 e. The molecule has 7 nitrogen and oxygen atoms in total. The van der Waals surface area contributed by atoms with Gasteiger partial charge in [0.2, 0.25) is 0 Å².